The molecule has 14 rings (SSSR count). The van der Waals surface area contributed by atoms with Crippen LogP contribution in [0.5, 0.6) is 23.0 Å². The van der Waals surface area contributed by atoms with Gasteiger partial charge in [-0.1, -0.05) is 126 Å². The molecule has 10 aromatic rings. The second-order valence-electron chi connectivity index (χ2n) is 19.8. The topological polar surface area (TPSA) is 42.8 Å². The van der Waals surface area contributed by atoms with Crippen LogP contribution in [0.4, 0.5) is 22.7 Å². The van der Waals surface area contributed by atoms with Gasteiger partial charge < -0.3 is 23.8 Å². The number of benzene rings is 8. The Labute approximate surface area is 433 Å². The van der Waals surface area contributed by atoms with Gasteiger partial charge in [0.05, 0.1) is 4.11 Å². The minimum absolute atomic E-state index is 0. The summed E-state index contributed by atoms with van der Waals surface area (Å²) in [7, 11) is 0. The number of pyridine rings is 1. The third kappa shape index (κ3) is 7.94. The van der Waals surface area contributed by atoms with Gasteiger partial charge in [-0.05, 0) is 117 Å². The van der Waals surface area contributed by atoms with E-state index in [0.717, 1.165) is 45.0 Å². The summed E-state index contributed by atoms with van der Waals surface area (Å²) in [5, 5.41) is 1.00. The number of hydrogen-bond acceptors (Lipinski definition) is 5. The van der Waals surface area contributed by atoms with E-state index in [1.807, 2.05) is 93.6 Å². The molecular formula is C63H51N4O2Pt-3. The van der Waals surface area contributed by atoms with E-state index >= 15 is 0 Å². The van der Waals surface area contributed by atoms with Gasteiger partial charge in [0.25, 0.3) is 0 Å². The van der Waals surface area contributed by atoms with Crippen molar-refractivity contribution in [2.75, 3.05) is 9.80 Å². The van der Waals surface area contributed by atoms with Gasteiger partial charge in [-0.3, -0.25) is 0 Å². The van der Waals surface area contributed by atoms with E-state index in [9.17, 15) is 4.11 Å². The zero-order chi connectivity index (χ0) is 52.3. The second kappa shape index (κ2) is 17.2. The molecule has 6 nitrogen and oxygen atoms in total. The van der Waals surface area contributed by atoms with Crippen LogP contribution in [0.2, 0.25) is 0 Å². The van der Waals surface area contributed by atoms with E-state index in [1.54, 1.807) is 10.6 Å². The predicted molar refractivity (Wildman–Crippen MR) is 283 cm³/mol. The van der Waals surface area contributed by atoms with Crippen molar-refractivity contribution in [1.29, 1.82) is 0 Å². The fourth-order valence-corrected chi connectivity index (χ4v) is 9.36. The fourth-order valence-electron chi connectivity index (χ4n) is 9.36. The summed E-state index contributed by atoms with van der Waals surface area (Å²) < 4.78 is 69.9. The third-order valence-corrected chi connectivity index (χ3v) is 13.0. The molecule has 4 aliphatic heterocycles. The SMILES string of the molecule is [2H]c1c(C(C)(C)C)c([2H])c2c3ccc4[c-]c3n(c2c1[2H])-c1cc(C([2H])([2H])[2H])c(cn1)-c1cccc(c1)Oc1ccc(cc1)-c1cc(C(C)(C)C)cc(-c2ccccc2)c1N1[CH-]N(c2[c-]c(ccc2)O4)c2ccccc21.[Pt]. The van der Waals surface area contributed by atoms with Crippen LogP contribution >= 0.6 is 0 Å². The number of hydrogen-bond donors (Lipinski definition) is 0. The minimum atomic E-state index is -2.61. The first kappa shape index (κ1) is 38.4. The number of nitrogens with zero attached hydrogens (tertiary/aromatic N) is 4. The molecule has 6 heterocycles. The quantitative estimate of drug-likeness (QED) is 0.153. The van der Waals surface area contributed by atoms with Gasteiger partial charge in [0, 0.05) is 82.1 Å². The maximum absolute atomic E-state index is 9.63. The first-order chi connectivity index (χ1) is 35.8. The Bertz CT molecular complexity index is 3940. The van der Waals surface area contributed by atoms with E-state index in [-0.39, 0.29) is 61.5 Å². The van der Waals surface area contributed by atoms with Crippen molar-refractivity contribution in [3.8, 4) is 62.2 Å². The van der Waals surface area contributed by atoms with E-state index < -0.39 is 12.3 Å². The zero-order valence-electron chi connectivity index (χ0n) is 45.5. The zero-order valence-corrected chi connectivity index (χ0v) is 41.8. The molecule has 0 amide bonds. The summed E-state index contributed by atoms with van der Waals surface area (Å²) in [6.07, 6.45) is 1.53. The number of para-hydroxylation sites is 2. The van der Waals surface area contributed by atoms with E-state index in [4.69, 9.17) is 18.6 Å². The normalized spacial score (nSPS) is 14.5. The molecule has 12 bridgehead atoms. The van der Waals surface area contributed by atoms with Crippen LogP contribution in [0.1, 0.15) is 66.5 Å². The average molecular weight is 1100 g/mol. The van der Waals surface area contributed by atoms with Crippen LogP contribution in [-0.4, -0.2) is 9.55 Å². The second-order valence-corrected chi connectivity index (χ2v) is 19.8. The molecule has 7 heteroatoms. The molecule has 0 unspecified atom stereocenters. The van der Waals surface area contributed by atoms with Crippen molar-refractivity contribution < 1.29 is 38.8 Å². The van der Waals surface area contributed by atoms with Crippen LogP contribution in [0.25, 0.3) is 61.0 Å². The number of rotatable bonds is 1. The maximum Gasteiger partial charge on any atom is 0.135 e. The molecular weight excluding hydrogens is 1040 g/mol. The van der Waals surface area contributed by atoms with Gasteiger partial charge in [0.1, 0.15) is 17.3 Å². The Morgan fingerprint density at radius 3 is 2.01 bits per heavy atom. The summed E-state index contributed by atoms with van der Waals surface area (Å²) in [5.74, 6) is 1.99. The van der Waals surface area contributed by atoms with Crippen molar-refractivity contribution in [2.24, 2.45) is 0 Å². The predicted octanol–water partition coefficient (Wildman–Crippen LogP) is 17.0. The molecule has 2 aromatic heterocycles. The van der Waals surface area contributed by atoms with Gasteiger partial charge in [-0.15, -0.1) is 48.1 Å². The minimum Gasteiger partial charge on any atom is -0.509 e. The molecule has 70 heavy (non-hydrogen) atoms. The third-order valence-electron chi connectivity index (χ3n) is 13.0. The van der Waals surface area contributed by atoms with Crippen LogP contribution in [0.3, 0.4) is 0 Å². The number of aromatic nitrogens is 2. The summed E-state index contributed by atoms with van der Waals surface area (Å²) in [6, 6.07) is 56.5. The van der Waals surface area contributed by atoms with Gasteiger partial charge in [-0.2, -0.15) is 12.1 Å². The van der Waals surface area contributed by atoms with Crippen LogP contribution in [0, 0.1) is 25.7 Å². The number of anilines is 4. The molecule has 0 saturated carbocycles. The van der Waals surface area contributed by atoms with Crippen LogP contribution < -0.4 is 19.3 Å². The first-order valence-corrected chi connectivity index (χ1v) is 23.2. The molecule has 8 aromatic carbocycles. The summed E-state index contributed by atoms with van der Waals surface area (Å²) in [4.78, 5) is 9.30. The standard InChI is InChI=1S/C63H51N4O2.Pt/c1-40-31-60-64-38-55(40)43-17-13-19-48(32-43)68-47-26-23-42(24-27-47)53-35-45(63(5,6)7)34-52(41-15-9-8-10-16-41)61(53)66-39-65(57-21-11-12-22-58(57)66)46-18-14-20-49(36-46)69-50-28-29-51-54-33-44(62(2,3)4)25-30-56(54)67(60)59(51)37-50;/h8-35,38-39H,1-7H3;/q-3;/i1D3,25D,30D,33D;. The molecule has 348 valence electrons. The number of aryl methyl sites for hydroxylation is 1. The summed E-state index contributed by atoms with van der Waals surface area (Å²) in [5.41, 5.74) is 10.1. The van der Waals surface area contributed by atoms with Crippen LogP contribution in [0.15, 0.2) is 176 Å². The van der Waals surface area contributed by atoms with Crippen molar-refractivity contribution >= 4 is 44.6 Å². The Hall–Kier alpha value is -7.40. The molecule has 4 aliphatic rings. The Morgan fingerprint density at radius 2 is 1.27 bits per heavy atom. The average Bonchev–Trinajstić information content (AvgIpc) is 3.98. The van der Waals surface area contributed by atoms with Crippen molar-refractivity contribution in [2.45, 2.75) is 59.2 Å². The Balaban J connectivity index is 0.00000616. The smallest absolute Gasteiger partial charge is 0.135 e. The maximum atomic E-state index is 9.63. The van der Waals surface area contributed by atoms with Gasteiger partial charge >= 0.3 is 0 Å². The van der Waals surface area contributed by atoms with E-state index in [0.29, 0.717) is 56.0 Å². The largest absolute Gasteiger partial charge is 0.509 e. The number of ether oxygens (including phenoxy) is 2. The molecule has 0 aliphatic carbocycles. The van der Waals surface area contributed by atoms with Crippen molar-refractivity contribution in [1.82, 2.24) is 9.55 Å². The van der Waals surface area contributed by atoms with Crippen molar-refractivity contribution in [3.05, 3.63) is 211 Å². The monoisotopic (exact) mass is 1100 g/mol. The van der Waals surface area contributed by atoms with Gasteiger partial charge in [-0.25, -0.2) is 4.98 Å². The molecule has 0 fully saturated rings. The molecule has 0 spiro atoms. The van der Waals surface area contributed by atoms with Gasteiger partial charge in [0.15, 0.2) is 0 Å². The fraction of sp³-hybridized carbons (Fsp3) is 0.143. The summed E-state index contributed by atoms with van der Waals surface area (Å²) in [6.45, 7) is 12.0. The van der Waals surface area contributed by atoms with E-state index in [2.05, 4.69) is 116 Å². The Kier molecular flexibility index (Phi) is 9.46. The van der Waals surface area contributed by atoms with E-state index in [1.165, 1.54) is 17.8 Å². The van der Waals surface area contributed by atoms with Gasteiger partial charge in [0.2, 0.25) is 0 Å². The van der Waals surface area contributed by atoms with Crippen molar-refractivity contribution in [3.63, 3.8) is 0 Å². The molecule has 0 atom stereocenters. The molecule has 0 N–H and O–H groups in total. The first-order valence-electron chi connectivity index (χ1n) is 26.2. The molecule has 0 saturated heterocycles. The molecule has 0 radical (unpaired) electrons. The van der Waals surface area contributed by atoms with Crippen LogP contribution in [-0.2, 0) is 31.9 Å². The Morgan fingerprint density at radius 1 is 0.586 bits per heavy atom. The number of fused-ring (bicyclic) bond motifs is 5. The summed E-state index contributed by atoms with van der Waals surface area (Å²) >= 11 is 0.